The van der Waals surface area contributed by atoms with Crippen LogP contribution in [0.4, 0.5) is 5.69 Å². The molecule has 0 spiro atoms. The predicted molar refractivity (Wildman–Crippen MR) is 107 cm³/mol. The van der Waals surface area contributed by atoms with E-state index in [1.54, 1.807) is 0 Å². The molecule has 0 saturated heterocycles. The number of halogens is 1. The molecule has 0 aromatic heterocycles. The van der Waals surface area contributed by atoms with Gasteiger partial charge in [-0.25, -0.2) is 0 Å². The Morgan fingerprint density at radius 2 is 1.65 bits per heavy atom. The summed E-state index contributed by atoms with van der Waals surface area (Å²) in [7, 11) is 0. The van der Waals surface area contributed by atoms with Gasteiger partial charge in [0.25, 0.3) is 0 Å². The maximum atomic E-state index is 12.2. The van der Waals surface area contributed by atoms with Crippen molar-refractivity contribution in [1.82, 2.24) is 5.32 Å². The van der Waals surface area contributed by atoms with E-state index in [1.807, 2.05) is 48.5 Å². The maximum absolute atomic E-state index is 12.2. The molecule has 0 aliphatic carbocycles. The molecule has 0 aliphatic rings. The number of amides is 2. The molecule has 138 valence electrons. The molecule has 2 amide bonds. The van der Waals surface area contributed by atoms with Crippen molar-refractivity contribution in [3.8, 4) is 0 Å². The molecular weight excluding hydrogens is 348 g/mol. The van der Waals surface area contributed by atoms with Crippen molar-refractivity contribution in [2.24, 2.45) is 0 Å². The molecule has 4 nitrogen and oxygen atoms in total. The van der Waals surface area contributed by atoms with E-state index >= 15 is 0 Å². The number of carbonyl (C=O) groups excluding carboxylic acids is 2. The highest BCUT2D eigenvalue weighted by Crippen LogP contribution is 2.20. The van der Waals surface area contributed by atoms with E-state index in [1.165, 1.54) is 17.4 Å². The first-order chi connectivity index (χ1) is 12.4. The maximum Gasteiger partial charge on any atom is 0.240 e. The molecule has 2 rings (SSSR count). The quantitative estimate of drug-likeness (QED) is 0.792. The number of hydrogen-bond donors (Lipinski definition) is 1. The second kappa shape index (κ2) is 9.39. The van der Waals surface area contributed by atoms with Crippen molar-refractivity contribution in [2.45, 2.75) is 33.1 Å². The largest absolute Gasteiger partial charge is 0.354 e. The van der Waals surface area contributed by atoms with E-state index in [-0.39, 0.29) is 18.4 Å². The molecule has 0 radical (unpaired) electrons. The van der Waals surface area contributed by atoms with Crippen LogP contribution in [0.25, 0.3) is 0 Å². The molecule has 2 aromatic carbocycles. The molecule has 0 bridgehead atoms. The lowest BCUT2D eigenvalue weighted by molar-refractivity contribution is -0.123. The molecule has 0 atom stereocenters. The van der Waals surface area contributed by atoms with Gasteiger partial charge in [0.05, 0.1) is 0 Å². The molecule has 0 saturated carbocycles. The normalized spacial score (nSPS) is 10.7. The summed E-state index contributed by atoms with van der Waals surface area (Å²) in [6.45, 7) is 6.23. The highest BCUT2D eigenvalue weighted by atomic mass is 35.5. The molecule has 0 unspecified atom stereocenters. The van der Waals surface area contributed by atoms with E-state index < -0.39 is 0 Å². The zero-order chi connectivity index (χ0) is 19.1. The fraction of sp³-hybridized carbons (Fsp3) is 0.333. The van der Waals surface area contributed by atoms with Gasteiger partial charge >= 0.3 is 0 Å². The van der Waals surface area contributed by atoms with E-state index in [0.29, 0.717) is 23.9 Å². The summed E-state index contributed by atoms with van der Waals surface area (Å²) < 4.78 is 0. The average Bonchev–Trinajstić information content (AvgIpc) is 2.61. The Kier molecular flexibility index (Phi) is 7.22. The first-order valence-electron chi connectivity index (χ1n) is 8.76. The molecular formula is C21H25ClN2O2. The molecule has 2 aromatic rings. The standard InChI is InChI=1S/C21H25ClN2O2/c1-15(2)18-6-10-20(11-7-18)24(16(3)25)14-21(26)23-13-12-17-4-8-19(22)9-5-17/h4-11,15H,12-14H2,1-3H3,(H,23,26). The highest BCUT2D eigenvalue weighted by molar-refractivity contribution is 6.30. The van der Waals surface area contributed by atoms with Gasteiger partial charge in [-0.05, 0) is 47.7 Å². The summed E-state index contributed by atoms with van der Waals surface area (Å²) in [4.78, 5) is 25.7. The lowest BCUT2D eigenvalue weighted by atomic mass is 10.0. The SMILES string of the molecule is CC(=O)N(CC(=O)NCCc1ccc(Cl)cc1)c1ccc(C(C)C)cc1. The van der Waals surface area contributed by atoms with Gasteiger partial charge in [-0.3, -0.25) is 9.59 Å². The second-order valence-corrected chi connectivity index (χ2v) is 7.01. The van der Waals surface area contributed by atoms with Crippen molar-refractivity contribution in [2.75, 3.05) is 18.0 Å². The summed E-state index contributed by atoms with van der Waals surface area (Å²) in [6.07, 6.45) is 0.714. The molecule has 0 fully saturated rings. The summed E-state index contributed by atoms with van der Waals surface area (Å²) >= 11 is 5.86. The van der Waals surface area contributed by atoms with Crippen molar-refractivity contribution in [3.63, 3.8) is 0 Å². The number of nitrogens with one attached hydrogen (secondary N) is 1. The van der Waals surface area contributed by atoms with Crippen LogP contribution in [0.15, 0.2) is 48.5 Å². The zero-order valence-electron chi connectivity index (χ0n) is 15.5. The number of benzene rings is 2. The van der Waals surface area contributed by atoms with E-state index in [4.69, 9.17) is 11.6 Å². The highest BCUT2D eigenvalue weighted by Gasteiger charge is 2.15. The van der Waals surface area contributed by atoms with Gasteiger partial charge in [-0.2, -0.15) is 0 Å². The third-order valence-electron chi connectivity index (χ3n) is 4.20. The van der Waals surface area contributed by atoms with Crippen LogP contribution in [-0.2, 0) is 16.0 Å². The molecule has 0 heterocycles. The zero-order valence-corrected chi connectivity index (χ0v) is 16.2. The number of rotatable bonds is 7. The van der Waals surface area contributed by atoms with Crippen LogP contribution < -0.4 is 10.2 Å². The van der Waals surface area contributed by atoms with Crippen LogP contribution in [0.2, 0.25) is 5.02 Å². The fourth-order valence-electron chi connectivity index (χ4n) is 2.62. The number of anilines is 1. The van der Waals surface area contributed by atoms with E-state index in [0.717, 1.165) is 11.3 Å². The van der Waals surface area contributed by atoms with Gasteiger partial charge in [0, 0.05) is 24.2 Å². The fourth-order valence-corrected chi connectivity index (χ4v) is 2.75. The first kappa shape index (κ1) is 20.0. The van der Waals surface area contributed by atoms with Crippen LogP contribution >= 0.6 is 11.6 Å². The topological polar surface area (TPSA) is 49.4 Å². The number of carbonyl (C=O) groups is 2. The number of hydrogen-bond acceptors (Lipinski definition) is 2. The summed E-state index contributed by atoms with van der Waals surface area (Å²) in [5.74, 6) is 0.0863. The van der Waals surface area contributed by atoms with Gasteiger partial charge in [0.15, 0.2) is 0 Å². The Labute approximate surface area is 160 Å². The molecule has 5 heteroatoms. The third-order valence-corrected chi connectivity index (χ3v) is 4.45. The minimum Gasteiger partial charge on any atom is -0.354 e. The van der Waals surface area contributed by atoms with Crippen molar-refractivity contribution in [3.05, 3.63) is 64.7 Å². The third kappa shape index (κ3) is 5.88. The van der Waals surface area contributed by atoms with E-state index in [2.05, 4.69) is 19.2 Å². The average molecular weight is 373 g/mol. The second-order valence-electron chi connectivity index (χ2n) is 6.58. The van der Waals surface area contributed by atoms with Gasteiger partial charge < -0.3 is 10.2 Å². The minimum absolute atomic E-state index is 0.0109. The summed E-state index contributed by atoms with van der Waals surface area (Å²) in [5.41, 5.74) is 3.03. The van der Waals surface area contributed by atoms with Gasteiger partial charge in [0.1, 0.15) is 6.54 Å². The summed E-state index contributed by atoms with van der Waals surface area (Å²) in [5, 5.41) is 3.56. The predicted octanol–water partition coefficient (Wildman–Crippen LogP) is 4.18. The van der Waals surface area contributed by atoms with Crippen LogP contribution in [0, 0.1) is 0 Å². The van der Waals surface area contributed by atoms with Gasteiger partial charge in [-0.15, -0.1) is 0 Å². The Bertz CT molecular complexity index is 740. The van der Waals surface area contributed by atoms with Crippen LogP contribution in [-0.4, -0.2) is 24.9 Å². The number of nitrogens with zero attached hydrogens (tertiary/aromatic N) is 1. The van der Waals surface area contributed by atoms with Crippen LogP contribution in [0.1, 0.15) is 37.8 Å². The van der Waals surface area contributed by atoms with Crippen LogP contribution in [0.5, 0.6) is 0 Å². The minimum atomic E-state index is -0.179. The van der Waals surface area contributed by atoms with Crippen molar-refractivity contribution >= 4 is 29.1 Å². The summed E-state index contributed by atoms with van der Waals surface area (Å²) in [6, 6.07) is 15.3. The Balaban J connectivity index is 1.91. The smallest absolute Gasteiger partial charge is 0.240 e. The Morgan fingerprint density at radius 3 is 2.19 bits per heavy atom. The molecule has 0 aliphatic heterocycles. The molecule has 26 heavy (non-hydrogen) atoms. The van der Waals surface area contributed by atoms with Crippen LogP contribution in [0.3, 0.4) is 0 Å². The lowest BCUT2D eigenvalue weighted by Gasteiger charge is -2.21. The van der Waals surface area contributed by atoms with Crippen molar-refractivity contribution in [1.29, 1.82) is 0 Å². The molecule has 1 N–H and O–H groups in total. The first-order valence-corrected chi connectivity index (χ1v) is 9.14. The van der Waals surface area contributed by atoms with E-state index in [9.17, 15) is 9.59 Å². The van der Waals surface area contributed by atoms with Gasteiger partial charge in [0.2, 0.25) is 11.8 Å². The Morgan fingerprint density at radius 1 is 1.04 bits per heavy atom. The lowest BCUT2D eigenvalue weighted by Crippen LogP contribution is -2.40. The Hall–Kier alpha value is -2.33. The monoisotopic (exact) mass is 372 g/mol. The van der Waals surface area contributed by atoms with Gasteiger partial charge in [-0.1, -0.05) is 49.7 Å². The van der Waals surface area contributed by atoms with Crippen molar-refractivity contribution < 1.29 is 9.59 Å².